The zero-order chi connectivity index (χ0) is 19.6. The maximum Gasteiger partial charge on any atom is 0.317 e. The van der Waals surface area contributed by atoms with Gasteiger partial charge < -0.3 is 16.0 Å². The van der Waals surface area contributed by atoms with E-state index in [0.717, 1.165) is 31.5 Å². The highest BCUT2D eigenvalue weighted by molar-refractivity contribution is 6.04. The highest BCUT2D eigenvalue weighted by atomic mass is 16.2. The van der Waals surface area contributed by atoms with Crippen LogP contribution in [0.4, 0.5) is 10.5 Å². The van der Waals surface area contributed by atoms with E-state index < -0.39 is 0 Å². The molecule has 0 unspecified atom stereocenters. The highest BCUT2D eigenvalue weighted by Gasteiger charge is 2.43. The Morgan fingerprint density at radius 1 is 1.30 bits per heavy atom. The standard InChI is InChI=1S/C21H32N4O2/c1-4-10-25-13-14(23-21(27)24(5-2)6-3)11-16-15-8-7-9-17(22)20(15)19(26)12-18(16)25/h7-9,14,16,18H,4-6,10-13,22H2,1-3H3,(H,23,27)/t14-,16+,18+/m0/s1. The number of benzene rings is 1. The van der Waals surface area contributed by atoms with Gasteiger partial charge in [-0.25, -0.2) is 4.79 Å². The second-order valence-corrected chi connectivity index (χ2v) is 7.66. The molecule has 1 heterocycles. The van der Waals surface area contributed by atoms with E-state index in [1.807, 2.05) is 36.9 Å². The van der Waals surface area contributed by atoms with Gasteiger partial charge >= 0.3 is 6.03 Å². The molecule has 6 heteroatoms. The number of nitrogens with two attached hydrogens (primary N) is 1. The fraction of sp³-hybridized carbons (Fsp3) is 0.619. The Balaban J connectivity index is 1.88. The van der Waals surface area contributed by atoms with Gasteiger partial charge in [-0.2, -0.15) is 0 Å². The van der Waals surface area contributed by atoms with Crippen LogP contribution in [0.5, 0.6) is 0 Å². The van der Waals surface area contributed by atoms with Crippen molar-refractivity contribution >= 4 is 17.5 Å². The topological polar surface area (TPSA) is 78.7 Å². The average molecular weight is 373 g/mol. The maximum absolute atomic E-state index is 12.8. The zero-order valence-corrected chi connectivity index (χ0v) is 16.7. The van der Waals surface area contributed by atoms with Gasteiger partial charge in [-0.15, -0.1) is 0 Å². The molecule has 6 nitrogen and oxygen atoms in total. The number of urea groups is 1. The van der Waals surface area contributed by atoms with E-state index in [9.17, 15) is 9.59 Å². The molecule has 3 atom stereocenters. The van der Waals surface area contributed by atoms with Crippen LogP contribution in [-0.2, 0) is 0 Å². The molecule has 2 amide bonds. The van der Waals surface area contributed by atoms with E-state index in [2.05, 4.69) is 17.1 Å². The summed E-state index contributed by atoms with van der Waals surface area (Å²) >= 11 is 0. The fourth-order valence-corrected chi connectivity index (χ4v) is 4.75. The van der Waals surface area contributed by atoms with Gasteiger partial charge in [0.05, 0.1) is 0 Å². The number of nitrogens with zero attached hydrogens (tertiary/aromatic N) is 2. The molecule has 3 rings (SSSR count). The lowest BCUT2D eigenvalue weighted by Gasteiger charge is -2.47. The summed E-state index contributed by atoms with van der Waals surface area (Å²) in [5.41, 5.74) is 8.46. The molecular formula is C21H32N4O2. The Labute approximate surface area is 162 Å². The summed E-state index contributed by atoms with van der Waals surface area (Å²) in [7, 11) is 0. The Kier molecular flexibility index (Phi) is 6.05. The fourth-order valence-electron chi connectivity index (χ4n) is 4.75. The number of ketones is 1. The van der Waals surface area contributed by atoms with Gasteiger partial charge in [0.15, 0.2) is 5.78 Å². The minimum Gasteiger partial charge on any atom is -0.398 e. The van der Waals surface area contributed by atoms with E-state index in [1.54, 1.807) is 0 Å². The number of nitrogen functional groups attached to an aromatic ring is 1. The van der Waals surface area contributed by atoms with Crippen LogP contribution in [-0.4, -0.2) is 59.9 Å². The van der Waals surface area contributed by atoms with Crippen molar-refractivity contribution in [1.29, 1.82) is 0 Å². The Bertz CT molecular complexity index is 701. The van der Waals surface area contributed by atoms with Crippen molar-refractivity contribution in [2.45, 2.75) is 58.0 Å². The summed E-state index contributed by atoms with van der Waals surface area (Å²) < 4.78 is 0. The number of carbonyl (C=O) groups excluding carboxylic acids is 2. The van der Waals surface area contributed by atoms with E-state index in [1.165, 1.54) is 0 Å². The molecule has 0 spiro atoms. The number of fused-ring (bicyclic) bond motifs is 3. The molecule has 1 aromatic rings. The quantitative estimate of drug-likeness (QED) is 0.779. The Morgan fingerprint density at radius 2 is 2.04 bits per heavy atom. The van der Waals surface area contributed by atoms with Crippen LogP contribution in [0.1, 0.15) is 61.9 Å². The Hall–Kier alpha value is -2.08. The van der Waals surface area contributed by atoms with Crippen molar-refractivity contribution in [3.63, 3.8) is 0 Å². The normalized spacial score (nSPS) is 24.9. The number of carbonyl (C=O) groups is 2. The number of hydrogen-bond donors (Lipinski definition) is 2. The van der Waals surface area contributed by atoms with Crippen molar-refractivity contribution in [2.24, 2.45) is 0 Å². The molecule has 1 aliphatic carbocycles. The van der Waals surface area contributed by atoms with Crippen LogP contribution >= 0.6 is 0 Å². The number of hydrogen-bond acceptors (Lipinski definition) is 4. The van der Waals surface area contributed by atoms with Gasteiger partial charge in [0.1, 0.15) is 0 Å². The minimum absolute atomic E-state index is 0.000386. The predicted octanol–water partition coefficient (Wildman–Crippen LogP) is 2.84. The van der Waals surface area contributed by atoms with Crippen LogP contribution in [0.2, 0.25) is 0 Å². The number of piperidine rings is 1. The average Bonchev–Trinajstić information content (AvgIpc) is 2.64. The molecule has 1 aliphatic heterocycles. The van der Waals surface area contributed by atoms with Crippen molar-refractivity contribution in [3.05, 3.63) is 29.3 Å². The number of nitrogens with one attached hydrogen (secondary N) is 1. The first kappa shape index (κ1) is 19.7. The summed E-state index contributed by atoms with van der Waals surface area (Å²) in [6.07, 6.45) is 2.39. The van der Waals surface area contributed by atoms with E-state index in [0.29, 0.717) is 30.8 Å². The van der Waals surface area contributed by atoms with Crippen LogP contribution in [0.25, 0.3) is 0 Å². The number of Topliss-reactive ketones (excluding diaryl/α,β-unsaturated/α-hetero) is 1. The first-order valence-corrected chi connectivity index (χ1v) is 10.2. The molecule has 0 aromatic heterocycles. The molecule has 2 aliphatic rings. The molecule has 1 fully saturated rings. The van der Waals surface area contributed by atoms with Gasteiger partial charge in [-0.3, -0.25) is 9.69 Å². The van der Waals surface area contributed by atoms with Gasteiger partial charge in [0.25, 0.3) is 0 Å². The molecular weight excluding hydrogens is 340 g/mol. The second-order valence-electron chi connectivity index (χ2n) is 7.66. The third-order valence-corrected chi connectivity index (χ3v) is 6.02. The van der Waals surface area contributed by atoms with Crippen LogP contribution in [0.3, 0.4) is 0 Å². The van der Waals surface area contributed by atoms with Crippen LogP contribution in [0, 0.1) is 0 Å². The highest BCUT2D eigenvalue weighted by Crippen LogP contribution is 2.42. The first-order chi connectivity index (χ1) is 13.0. The van der Waals surface area contributed by atoms with Gasteiger partial charge in [-0.05, 0) is 44.9 Å². The van der Waals surface area contributed by atoms with Gasteiger partial charge in [0.2, 0.25) is 0 Å². The molecule has 3 N–H and O–H groups in total. The Morgan fingerprint density at radius 3 is 2.70 bits per heavy atom. The molecule has 0 saturated carbocycles. The number of rotatable bonds is 5. The monoisotopic (exact) mass is 372 g/mol. The van der Waals surface area contributed by atoms with Crippen molar-refractivity contribution in [2.75, 3.05) is 31.9 Å². The third-order valence-electron chi connectivity index (χ3n) is 6.02. The molecule has 1 aromatic carbocycles. The summed E-state index contributed by atoms with van der Waals surface area (Å²) in [5.74, 6) is 0.375. The smallest absolute Gasteiger partial charge is 0.317 e. The lowest BCUT2D eigenvalue weighted by molar-refractivity contribution is 0.0697. The molecule has 27 heavy (non-hydrogen) atoms. The number of anilines is 1. The van der Waals surface area contributed by atoms with Crippen molar-refractivity contribution < 1.29 is 9.59 Å². The maximum atomic E-state index is 12.8. The number of likely N-dealkylation sites (tertiary alicyclic amines) is 1. The van der Waals surface area contributed by atoms with Gasteiger partial charge in [-0.1, -0.05) is 19.1 Å². The largest absolute Gasteiger partial charge is 0.398 e. The number of amides is 2. The van der Waals surface area contributed by atoms with Gasteiger partial charge in [0, 0.05) is 55.3 Å². The lowest BCUT2D eigenvalue weighted by Crippen LogP contribution is -2.58. The molecule has 1 saturated heterocycles. The van der Waals surface area contributed by atoms with Crippen molar-refractivity contribution in [3.8, 4) is 0 Å². The first-order valence-electron chi connectivity index (χ1n) is 10.2. The minimum atomic E-state index is -0.000386. The summed E-state index contributed by atoms with van der Waals surface area (Å²) in [6, 6.07) is 6.07. The second kappa shape index (κ2) is 8.30. The van der Waals surface area contributed by atoms with E-state index in [4.69, 9.17) is 5.73 Å². The SMILES string of the molecule is CCCN1C[C@@H](NC(=O)N(CC)CC)C[C@@H]2c3cccc(N)c3C(=O)C[C@H]21. The van der Waals surface area contributed by atoms with Crippen LogP contribution < -0.4 is 11.1 Å². The lowest BCUT2D eigenvalue weighted by atomic mass is 9.72. The summed E-state index contributed by atoms with van der Waals surface area (Å²) in [5, 5.41) is 3.23. The predicted molar refractivity (Wildman–Crippen MR) is 108 cm³/mol. The van der Waals surface area contributed by atoms with Crippen LogP contribution in [0.15, 0.2) is 18.2 Å². The van der Waals surface area contributed by atoms with Crippen molar-refractivity contribution in [1.82, 2.24) is 15.1 Å². The van der Waals surface area contributed by atoms with E-state index >= 15 is 0 Å². The molecule has 0 radical (unpaired) electrons. The zero-order valence-electron chi connectivity index (χ0n) is 16.7. The molecule has 148 valence electrons. The summed E-state index contributed by atoms with van der Waals surface area (Å²) in [4.78, 5) is 29.5. The molecule has 0 bridgehead atoms. The van der Waals surface area contributed by atoms with E-state index in [-0.39, 0.29) is 29.8 Å². The third kappa shape index (κ3) is 3.81. The summed E-state index contributed by atoms with van der Waals surface area (Å²) in [6.45, 7) is 9.28.